The van der Waals surface area contributed by atoms with Crippen molar-refractivity contribution < 1.29 is 14.7 Å². The highest BCUT2D eigenvalue weighted by molar-refractivity contribution is 5.82. The number of likely N-dealkylation sites (tertiary alicyclic amines) is 1. The molecule has 1 atom stereocenters. The smallest absolute Gasteiger partial charge is 0.303 e. The number of carbonyl (C=O) groups excluding carboxylic acids is 1. The van der Waals surface area contributed by atoms with Gasteiger partial charge in [-0.25, -0.2) is 0 Å². The van der Waals surface area contributed by atoms with E-state index in [1.807, 2.05) is 6.92 Å². The van der Waals surface area contributed by atoms with Gasteiger partial charge in [0, 0.05) is 19.0 Å². The molecule has 1 rings (SSSR count). The van der Waals surface area contributed by atoms with Gasteiger partial charge in [-0.15, -0.1) is 0 Å². The number of hydrogen-bond donors (Lipinski definition) is 2. The van der Waals surface area contributed by atoms with Crippen LogP contribution in [0.25, 0.3) is 0 Å². The van der Waals surface area contributed by atoms with Gasteiger partial charge in [-0.2, -0.15) is 0 Å². The summed E-state index contributed by atoms with van der Waals surface area (Å²) in [6.07, 6.45) is 0.768. The number of aliphatic carboxylic acids is 1. The summed E-state index contributed by atoms with van der Waals surface area (Å²) in [5, 5.41) is 8.50. The number of carbonyl (C=O) groups is 2. The predicted octanol–water partition coefficient (Wildman–Crippen LogP) is -0.343. The van der Waals surface area contributed by atoms with E-state index in [9.17, 15) is 9.59 Å². The number of hydrogen-bond acceptors (Lipinski definition) is 3. The molecule has 0 bridgehead atoms. The molecule has 80 valence electrons. The maximum Gasteiger partial charge on any atom is 0.303 e. The predicted molar refractivity (Wildman–Crippen MR) is 50.6 cm³/mol. The SMILES string of the molecule is CCC(N)C(=O)N1CC(CC(=O)O)C1. The van der Waals surface area contributed by atoms with Crippen LogP contribution in [0.2, 0.25) is 0 Å². The second-order valence-electron chi connectivity index (χ2n) is 3.72. The Bertz CT molecular complexity index is 236. The Labute approximate surface area is 82.9 Å². The normalized spacial score (nSPS) is 18.9. The van der Waals surface area contributed by atoms with Gasteiger partial charge < -0.3 is 15.7 Å². The number of nitrogens with two attached hydrogens (primary N) is 1. The molecule has 5 nitrogen and oxygen atoms in total. The van der Waals surface area contributed by atoms with Crippen LogP contribution in [0.3, 0.4) is 0 Å². The lowest BCUT2D eigenvalue weighted by Gasteiger charge is -2.39. The Morgan fingerprint density at radius 2 is 2.14 bits per heavy atom. The monoisotopic (exact) mass is 200 g/mol. The number of nitrogens with zero attached hydrogens (tertiary/aromatic N) is 1. The van der Waals surface area contributed by atoms with Crippen LogP contribution >= 0.6 is 0 Å². The van der Waals surface area contributed by atoms with Gasteiger partial charge in [-0.3, -0.25) is 9.59 Å². The minimum absolute atomic E-state index is 0.0610. The Morgan fingerprint density at radius 3 is 2.57 bits per heavy atom. The van der Waals surface area contributed by atoms with Crippen molar-refractivity contribution in [1.29, 1.82) is 0 Å². The highest BCUT2D eigenvalue weighted by atomic mass is 16.4. The van der Waals surface area contributed by atoms with E-state index in [1.54, 1.807) is 4.90 Å². The molecule has 1 heterocycles. The second kappa shape index (κ2) is 4.41. The maximum atomic E-state index is 11.4. The number of amides is 1. The lowest BCUT2D eigenvalue weighted by molar-refractivity contribution is -0.145. The topological polar surface area (TPSA) is 83.6 Å². The highest BCUT2D eigenvalue weighted by Gasteiger charge is 2.33. The fourth-order valence-electron chi connectivity index (χ4n) is 1.53. The number of carboxylic acids is 1. The van der Waals surface area contributed by atoms with Crippen molar-refractivity contribution in [2.24, 2.45) is 11.7 Å². The van der Waals surface area contributed by atoms with E-state index in [1.165, 1.54) is 0 Å². The molecular weight excluding hydrogens is 184 g/mol. The zero-order valence-electron chi connectivity index (χ0n) is 8.27. The first kappa shape index (κ1) is 11.0. The summed E-state index contributed by atoms with van der Waals surface area (Å²) in [6, 6.07) is -0.430. The van der Waals surface area contributed by atoms with Crippen molar-refractivity contribution in [2.75, 3.05) is 13.1 Å². The van der Waals surface area contributed by atoms with Gasteiger partial charge in [0.15, 0.2) is 0 Å². The van der Waals surface area contributed by atoms with Crippen LogP contribution in [0.4, 0.5) is 0 Å². The molecule has 1 fully saturated rings. The first-order chi connectivity index (χ1) is 6.54. The van der Waals surface area contributed by atoms with Gasteiger partial charge in [0.05, 0.1) is 12.5 Å². The minimum atomic E-state index is -0.804. The molecule has 0 aromatic carbocycles. The standard InChI is InChI=1S/C9H16N2O3/c1-2-7(10)9(14)11-4-6(5-11)3-8(12)13/h6-7H,2-5,10H2,1H3,(H,12,13). The van der Waals surface area contributed by atoms with E-state index in [0.717, 1.165) is 0 Å². The second-order valence-corrected chi connectivity index (χ2v) is 3.72. The van der Waals surface area contributed by atoms with Crippen LogP contribution in [0.5, 0.6) is 0 Å². The largest absolute Gasteiger partial charge is 0.481 e. The lowest BCUT2D eigenvalue weighted by Crippen LogP contribution is -2.55. The van der Waals surface area contributed by atoms with Crippen LogP contribution in [0, 0.1) is 5.92 Å². The quantitative estimate of drug-likeness (QED) is 0.650. The third kappa shape index (κ3) is 2.45. The van der Waals surface area contributed by atoms with E-state index >= 15 is 0 Å². The summed E-state index contributed by atoms with van der Waals surface area (Å²) in [5.41, 5.74) is 5.57. The average molecular weight is 200 g/mol. The molecule has 1 amide bonds. The molecule has 0 aromatic heterocycles. The average Bonchev–Trinajstić information content (AvgIpc) is 2.07. The fourth-order valence-corrected chi connectivity index (χ4v) is 1.53. The molecule has 0 spiro atoms. The van der Waals surface area contributed by atoms with Crippen LogP contribution in [0.1, 0.15) is 19.8 Å². The lowest BCUT2D eigenvalue weighted by atomic mass is 9.95. The molecule has 14 heavy (non-hydrogen) atoms. The van der Waals surface area contributed by atoms with Crippen molar-refractivity contribution in [3.63, 3.8) is 0 Å². The third-order valence-electron chi connectivity index (χ3n) is 2.49. The van der Waals surface area contributed by atoms with Crippen molar-refractivity contribution in [2.45, 2.75) is 25.8 Å². The van der Waals surface area contributed by atoms with Gasteiger partial charge in [-0.1, -0.05) is 6.92 Å². The summed E-state index contributed by atoms with van der Waals surface area (Å²) >= 11 is 0. The molecule has 0 aromatic rings. The van der Waals surface area contributed by atoms with E-state index in [0.29, 0.717) is 19.5 Å². The van der Waals surface area contributed by atoms with E-state index in [4.69, 9.17) is 10.8 Å². The number of rotatable bonds is 4. The van der Waals surface area contributed by atoms with Gasteiger partial charge in [-0.05, 0) is 6.42 Å². The van der Waals surface area contributed by atoms with Crippen LogP contribution in [-0.4, -0.2) is 41.0 Å². The van der Waals surface area contributed by atoms with Crippen molar-refractivity contribution in [3.8, 4) is 0 Å². The van der Waals surface area contributed by atoms with Crippen molar-refractivity contribution in [3.05, 3.63) is 0 Å². The molecule has 1 aliphatic heterocycles. The van der Waals surface area contributed by atoms with Crippen molar-refractivity contribution >= 4 is 11.9 Å². The third-order valence-corrected chi connectivity index (χ3v) is 2.49. The highest BCUT2D eigenvalue weighted by Crippen LogP contribution is 2.19. The van der Waals surface area contributed by atoms with Gasteiger partial charge in [0.1, 0.15) is 0 Å². The van der Waals surface area contributed by atoms with Crippen molar-refractivity contribution in [1.82, 2.24) is 4.90 Å². The Kier molecular flexibility index (Phi) is 3.46. The number of carboxylic acid groups (broad SMARTS) is 1. The molecular formula is C9H16N2O3. The van der Waals surface area contributed by atoms with Gasteiger partial charge >= 0.3 is 5.97 Å². The zero-order chi connectivity index (χ0) is 10.7. The van der Waals surface area contributed by atoms with Crippen LogP contribution in [-0.2, 0) is 9.59 Å². The molecule has 5 heteroatoms. The van der Waals surface area contributed by atoms with Crippen LogP contribution in [0.15, 0.2) is 0 Å². The summed E-state index contributed by atoms with van der Waals surface area (Å²) in [7, 11) is 0. The Hall–Kier alpha value is -1.10. The molecule has 1 saturated heterocycles. The maximum absolute atomic E-state index is 11.4. The summed E-state index contributed by atoms with van der Waals surface area (Å²) in [4.78, 5) is 23.4. The molecule has 3 N–H and O–H groups in total. The van der Waals surface area contributed by atoms with Gasteiger partial charge in [0.2, 0.25) is 5.91 Å². The van der Waals surface area contributed by atoms with Crippen LogP contribution < -0.4 is 5.73 Å². The molecule has 1 unspecified atom stereocenters. The Morgan fingerprint density at radius 1 is 1.57 bits per heavy atom. The molecule has 0 aliphatic carbocycles. The van der Waals surface area contributed by atoms with E-state index in [2.05, 4.69) is 0 Å². The summed E-state index contributed by atoms with van der Waals surface area (Å²) < 4.78 is 0. The molecule has 1 aliphatic rings. The molecule has 0 saturated carbocycles. The summed E-state index contributed by atoms with van der Waals surface area (Å²) in [6.45, 7) is 2.94. The van der Waals surface area contributed by atoms with Gasteiger partial charge in [0.25, 0.3) is 0 Å². The minimum Gasteiger partial charge on any atom is -0.481 e. The van der Waals surface area contributed by atoms with E-state index in [-0.39, 0.29) is 18.2 Å². The summed E-state index contributed by atoms with van der Waals surface area (Å²) in [5.74, 6) is -0.753. The molecule has 0 radical (unpaired) electrons. The first-order valence-electron chi connectivity index (χ1n) is 4.80. The first-order valence-corrected chi connectivity index (χ1v) is 4.80. The fraction of sp³-hybridized carbons (Fsp3) is 0.778. The Balaban J connectivity index is 2.27. The van der Waals surface area contributed by atoms with E-state index < -0.39 is 12.0 Å². The zero-order valence-corrected chi connectivity index (χ0v) is 8.27.